The Morgan fingerprint density at radius 2 is 1.69 bits per heavy atom. The monoisotopic (exact) mass is 437 g/mol. The van der Waals surface area contributed by atoms with E-state index >= 15 is 0 Å². The van der Waals surface area contributed by atoms with Gasteiger partial charge in [-0.3, -0.25) is 0 Å². The first-order chi connectivity index (χ1) is 15.7. The van der Waals surface area contributed by atoms with Crippen LogP contribution in [0.1, 0.15) is 35.6 Å². The van der Waals surface area contributed by atoms with Gasteiger partial charge < -0.3 is 5.11 Å². The average Bonchev–Trinajstić information content (AvgIpc) is 3.37. The number of aliphatic carboxylic acids is 1. The van der Waals surface area contributed by atoms with Crippen molar-refractivity contribution in [3.05, 3.63) is 119 Å². The molecule has 0 bridgehead atoms. The summed E-state index contributed by atoms with van der Waals surface area (Å²) in [4.78, 5) is 15.3. The highest BCUT2D eigenvalue weighted by Gasteiger charge is 2.14. The molecule has 158 valence electrons. The van der Waals surface area contributed by atoms with Gasteiger partial charge in [0.1, 0.15) is 5.01 Å². The predicted molar refractivity (Wildman–Crippen MR) is 133 cm³/mol. The number of carboxylic acids is 1. The Balaban J connectivity index is 1.88. The zero-order valence-corrected chi connectivity index (χ0v) is 18.5. The third-order valence-electron chi connectivity index (χ3n) is 5.23. The van der Waals surface area contributed by atoms with Crippen molar-refractivity contribution in [2.45, 2.75) is 13.3 Å². The van der Waals surface area contributed by atoms with E-state index in [4.69, 9.17) is 5.11 Å². The number of nitrogens with zero attached hydrogens (tertiary/aromatic N) is 1. The minimum absolute atomic E-state index is 0.852. The van der Waals surface area contributed by atoms with Crippen molar-refractivity contribution in [1.29, 1.82) is 0 Å². The number of hydrogen-bond acceptors (Lipinski definition) is 3. The maximum atomic E-state index is 10.8. The SMILES string of the molecule is CC/C(=C(/c1ccc(/C=C/C(=O)O)cc1)c1cccc(-c2nccs2)c1)c1ccccc1. The van der Waals surface area contributed by atoms with E-state index in [2.05, 4.69) is 72.6 Å². The molecular weight excluding hydrogens is 414 g/mol. The highest BCUT2D eigenvalue weighted by atomic mass is 32.1. The van der Waals surface area contributed by atoms with Crippen LogP contribution in [-0.4, -0.2) is 16.1 Å². The molecule has 0 fully saturated rings. The maximum Gasteiger partial charge on any atom is 0.328 e. The minimum atomic E-state index is -0.953. The van der Waals surface area contributed by atoms with Crippen molar-refractivity contribution in [2.75, 3.05) is 0 Å². The van der Waals surface area contributed by atoms with Crippen LogP contribution in [0.25, 0.3) is 27.8 Å². The molecular formula is C28H23NO2S. The molecule has 0 atom stereocenters. The van der Waals surface area contributed by atoms with Gasteiger partial charge in [0, 0.05) is 23.2 Å². The molecule has 0 amide bonds. The van der Waals surface area contributed by atoms with Gasteiger partial charge in [-0.15, -0.1) is 11.3 Å². The molecule has 4 heteroatoms. The Morgan fingerprint density at radius 3 is 2.34 bits per heavy atom. The lowest BCUT2D eigenvalue weighted by Crippen LogP contribution is -1.96. The predicted octanol–water partition coefficient (Wildman–Crippen LogP) is 7.28. The van der Waals surface area contributed by atoms with Crippen LogP contribution in [0, 0.1) is 0 Å². The fourth-order valence-electron chi connectivity index (χ4n) is 3.78. The third-order valence-corrected chi connectivity index (χ3v) is 6.05. The zero-order chi connectivity index (χ0) is 22.3. The average molecular weight is 438 g/mol. The highest BCUT2D eigenvalue weighted by molar-refractivity contribution is 7.13. The molecule has 0 aliphatic carbocycles. The van der Waals surface area contributed by atoms with Crippen LogP contribution in [0.3, 0.4) is 0 Å². The molecule has 4 aromatic rings. The molecule has 0 aliphatic rings. The first kappa shape index (κ1) is 21.5. The number of allylic oxidation sites excluding steroid dienone is 1. The summed E-state index contributed by atoms with van der Waals surface area (Å²) in [5, 5.41) is 11.9. The second-order valence-electron chi connectivity index (χ2n) is 7.28. The lowest BCUT2D eigenvalue weighted by Gasteiger charge is -2.17. The number of aromatic nitrogens is 1. The Bertz CT molecular complexity index is 1250. The lowest BCUT2D eigenvalue weighted by atomic mass is 9.87. The van der Waals surface area contributed by atoms with Crippen LogP contribution in [0.15, 0.2) is 96.5 Å². The molecule has 1 heterocycles. The van der Waals surface area contributed by atoms with Gasteiger partial charge in [-0.1, -0.05) is 79.7 Å². The molecule has 0 saturated carbocycles. The first-order valence-corrected chi connectivity index (χ1v) is 11.3. The summed E-state index contributed by atoms with van der Waals surface area (Å²) >= 11 is 1.63. The summed E-state index contributed by atoms with van der Waals surface area (Å²) in [6.45, 7) is 2.18. The van der Waals surface area contributed by atoms with Gasteiger partial charge in [-0.2, -0.15) is 0 Å². The van der Waals surface area contributed by atoms with Gasteiger partial charge in [-0.05, 0) is 52.0 Å². The van der Waals surface area contributed by atoms with Crippen LogP contribution in [0.4, 0.5) is 0 Å². The summed E-state index contributed by atoms with van der Waals surface area (Å²) in [5.74, 6) is -0.953. The normalized spacial score (nSPS) is 12.0. The second kappa shape index (κ2) is 10.0. The van der Waals surface area contributed by atoms with E-state index in [0.29, 0.717) is 0 Å². The van der Waals surface area contributed by atoms with Crippen molar-refractivity contribution in [1.82, 2.24) is 4.98 Å². The van der Waals surface area contributed by atoms with Crippen LogP contribution < -0.4 is 0 Å². The number of thiazole rings is 1. The van der Waals surface area contributed by atoms with E-state index in [1.165, 1.54) is 16.7 Å². The number of carboxylic acid groups (broad SMARTS) is 1. The largest absolute Gasteiger partial charge is 0.478 e. The fourth-order valence-corrected chi connectivity index (χ4v) is 4.42. The number of hydrogen-bond donors (Lipinski definition) is 1. The molecule has 0 spiro atoms. The van der Waals surface area contributed by atoms with E-state index in [1.54, 1.807) is 17.4 Å². The number of benzene rings is 3. The fraction of sp³-hybridized carbons (Fsp3) is 0.0714. The molecule has 3 aromatic carbocycles. The molecule has 0 aliphatic heterocycles. The summed E-state index contributed by atoms with van der Waals surface area (Å²) in [5.41, 5.74) is 7.80. The number of carbonyl (C=O) groups is 1. The topological polar surface area (TPSA) is 50.2 Å². The summed E-state index contributed by atoms with van der Waals surface area (Å²) < 4.78 is 0. The van der Waals surface area contributed by atoms with Crippen LogP contribution >= 0.6 is 11.3 Å². The Morgan fingerprint density at radius 1 is 0.938 bits per heavy atom. The molecule has 1 aromatic heterocycles. The quantitative estimate of drug-likeness (QED) is 0.244. The molecule has 32 heavy (non-hydrogen) atoms. The third kappa shape index (κ3) is 4.93. The molecule has 1 N–H and O–H groups in total. The van der Waals surface area contributed by atoms with Gasteiger partial charge in [0.15, 0.2) is 0 Å². The standard InChI is InChI=1S/C28H23NO2S/c1-2-25(21-7-4-3-5-8-21)27(22-14-11-20(12-15-22)13-16-26(30)31)23-9-6-10-24(19-23)28-29-17-18-32-28/h3-19H,2H2,1H3,(H,30,31)/b16-13+,27-25+. The Labute approximate surface area is 192 Å². The van der Waals surface area contributed by atoms with Gasteiger partial charge in [-0.25, -0.2) is 9.78 Å². The molecule has 0 unspecified atom stereocenters. The van der Waals surface area contributed by atoms with Crippen molar-refractivity contribution >= 4 is 34.5 Å². The molecule has 3 nitrogen and oxygen atoms in total. The lowest BCUT2D eigenvalue weighted by molar-refractivity contribution is -0.131. The Kier molecular flexibility index (Phi) is 6.73. The van der Waals surface area contributed by atoms with Crippen molar-refractivity contribution in [2.24, 2.45) is 0 Å². The summed E-state index contributed by atoms with van der Waals surface area (Å²) in [6.07, 6.45) is 5.47. The van der Waals surface area contributed by atoms with E-state index < -0.39 is 5.97 Å². The molecule has 0 radical (unpaired) electrons. The molecule has 0 saturated heterocycles. The van der Waals surface area contributed by atoms with Gasteiger partial charge in [0.05, 0.1) is 0 Å². The summed E-state index contributed by atoms with van der Waals surface area (Å²) in [6, 6.07) is 27.0. The second-order valence-corrected chi connectivity index (χ2v) is 8.18. The van der Waals surface area contributed by atoms with Crippen LogP contribution in [0.5, 0.6) is 0 Å². The minimum Gasteiger partial charge on any atom is -0.478 e. The molecule has 4 rings (SSSR count). The van der Waals surface area contributed by atoms with E-state index in [0.717, 1.165) is 39.8 Å². The van der Waals surface area contributed by atoms with Gasteiger partial charge in [0.2, 0.25) is 0 Å². The highest BCUT2D eigenvalue weighted by Crippen LogP contribution is 2.36. The number of rotatable bonds is 7. The van der Waals surface area contributed by atoms with Crippen LogP contribution in [0.2, 0.25) is 0 Å². The van der Waals surface area contributed by atoms with Crippen molar-refractivity contribution in [3.8, 4) is 10.6 Å². The van der Waals surface area contributed by atoms with E-state index in [1.807, 2.05) is 29.8 Å². The van der Waals surface area contributed by atoms with Crippen molar-refractivity contribution < 1.29 is 9.90 Å². The van der Waals surface area contributed by atoms with E-state index in [9.17, 15) is 4.79 Å². The zero-order valence-electron chi connectivity index (χ0n) is 17.7. The van der Waals surface area contributed by atoms with Gasteiger partial charge >= 0.3 is 5.97 Å². The Hall–Kier alpha value is -3.76. The summed E-state index contributed by atoms with van der Waals surface area (Å²) in [7, 11) is 0. The van der Waals surface area contributed by atoms with Crippen LogP contribution in [-0.2, 0) is 4.79 Å². The maximum absolute atomic E-state index is 10.8. The van der Waals surface area contributed by atoms with Crippen molar-refractivity contribution in [3.63, 3.8) is 0 Å². The van der Waals surface area contributed by atoms with E-state index in [-0.39, 0.29) is 0 Å². The smallest absolute Gasteiger partial charge is 0.328 e. The first-order valence-electron chi connectivity index (χ1n) is 10.5. The van der Waals surface area contributed by atoms with Gasteiger partial charge in [0.25, 0.3) is 0 Å².